The highest BCUT2D eigenvalue weighted by molar-refractivity contribution is 5.81. The molecule has 2 aliphatic heterocycles. The lowest BCUT2D eigenvalue weighted by Crippen LogP contribution is -2.36. The van der Waals surface area contributed by atoms with Crippen molar-refractivity contribution in [2.75, 3.05) is 26.2 Å². The number of rotatable bonds is 13. The van der Waals surface area contributed by atoms with Gasteiger partial charge >= 0.3 is 6.15 Å². The van der Waals surface area contributed by atoms with Crippen molar-refractivity contribution in [1.29, 1.82) is 0 Å². The van der Waals surface area contributed by atoms with Crippen LogP contribution in [0, 0.1) is 17.8 Å². The number of hydrogen-bond acceptors (Lipinski definition) is 10. The Kier molecular flexibility index (Phi) is 17.7. The lowest BCUT2D eigenvalue weighted by Gasteiger charge is -2.31. The summed E-state index contributed by atoms with van der Waals surface area (Å²) in [5.41, 5.74) is 4.37. The predicted molar refractivity (Wildman–Crippen MR) is 236 cm³/mol. The number of benzene rings is 2. The number of fused-ring (bicyclic) bond motifs is 2. The van der Waals surface area contributed by atoms with Crippen LogP contribution in [0.4, 0.5) is 0 Å². The first kappa shape index (κ1) is 45.2. The Bertz CT molecular complexity index is 1870. The van der Waals surface area contributed by atoms with Gasteiger partial charge in [-0.2, -0.15) is 9.59 Å². The molecule has 60 heavy (non-hydrogen) atoms. The van der Waals surface area contributed by atoms with Gasteiger partial charge in [-0.15, -0.1) is 0 Å². The zero-order chi connectivity index (χ0) is 42.1. The Morgan fingerprint density at radius 1 is 0.550 bits per heavy atom. The van der Waals surface area contributed by atoms with Gasteiger partial charge in [0, 0.05) is 37.0 Å². The van der Waals surface area contributed by atoms with E-state index < -0.39 is 0 Å². The summed E-state index contributed by atoms with van der Waals surface area (Å²) in [5, 5.41) is 2.32. The molecule has 2 aromatic heterocycles. The van der Waals surface area contributed by atoms with Crippen molar-refractivity contribution in [3.8, 4) is 11.5 Å². The predicted octanol–water partition coefficient (Wildman–Crippen LogP) is 10.3. The minimum absolute atomic E-state index is 0.0729. The van der Waals surface area contributed by atoms with E-state index in [4.69, 9.17) is 33.8 Å². The maximum Gasteiger partial charge on any atom is 0.373 e. The van der Waals surface area contributed by atoms with Gasteiger partial charge in [0.1, 0.15) is 17.6 Å². The fraction of sp³-hybridized carbons (Fsp3) is 0.600. The van der Waals surface area contributed by atoms with E-state index in [1.165, 1.54) is 108 Å². The first-order chi connectivity index (χ1) is 29.4. The highest BCUT2D eigenvalue weighted by Gasteiger charge is 2.24. The van der Waals surface area contributed by atoms with Gasteiger partial charge < -0.3 is 14.2 Å². The van der Waals surface area contributed by atoms with Gasteiger partial charge in [0.05, 0.1) is 34.6 Å². The third-order valence-electron chi connectivity index (χ3n) is 13.6. The van der Waals surface area contributed by atoms with E-state index in [0.29, 0.717) is 18.7 Å². The quantitative estimate of drug-likeness (QED) is 0.121. The van der Waals surface area contributed by atoms with Crippen LogP contribution in [0.25, 0.3) is 21.8 Å². The van der Waals surface area contributed by atoms with Crippen LogP contribution in [0.1, 0.15) is 128 Å². The molecule has 324 valence electrons. The van der Waals surface area contributed by atoms with Crippen LogP contribution in [0.3, 0.4) is 0 Å². The molecular formula is C50H68N4O6. The van der Waals surface area contributed by atoms with E-state index in [2.05, 4.69) is 91.2 Å². The highest BCUT2D eigenvalue weighted by atomic mass is 16.5. The molecule has 0 unspecified atom stereocenters. The van der Waals surface area contributed by atoms with Crippen molar-refractivity contribution >= 4 is 34.4 Å². The molecular weight excluding hydrogens is 753 g/mol. The van der Waals surface area contributed by atoms with Crippen LogP contribution in [0.2, 0.25) is 0 Å². The van der Waals surface area contributed by atoms with Crippen LogP contribution in [0.15, 0.2) is 60.7 Å². The van der Waals surface area contributed by atoms with Crippen molar-refractivity contribution in [2.45, 2.75) is 148 Å². The normalized spacial score (nSPS) is 23.1. The monoisotopic (exact) mass is 821 g/mol. The molecule has 0 spiro atoms. The van der Waals surface area contributed by atoms with Crippen LogP contribution in [-0.4, -0.2) is 76.9 Å². The summed E-state index contributed by atoms with van der Waals surface area (Å²) in [6, 6.07) is 21.4. The topological polar surface area (TPSA) is 111 Å². The van der Waals surface area contributed by atoms with Gasteiger partial charge in [0.25, 0.3) is 6.47 Å². The second-order valence-electron chi connectivity index (χ2n) is 17.6. The number of aromatic nitrogens is 2. The second kappa shape index (κ2) is 23.6. The molecule has 4 fully saturated rings. The summed E-state index contributed by atoms with van der Waals surface area (Å²) in [5.74, 6) is 4.69. The van der Waals surface area contributed by atoms with Gasteiger partial charge in [-0.3, -0.25) is 24.6 Å². The van der Waals surface area contributed by atoms with Crippen molar-refractivity contribution in [3.05, 3.63) is 72.1 Å². The van der Waals surface area contributed by atoms with Crippen LogP contribution < -0.4 is 9.47 Å². The van der Waals surface area contributed by atoms with Crippen LogP contribution in [0.5, 0.6) is 11.5 Å². The van der Waals surface area contributed by atoms with E-state index >= 15 is 0 Å². The van der Waals surface area contributed by atoms with Crippen molar-refractivity contribution < 1.29 is 28.6 Å². The third-order valence-corrected chi connectivity index (χ3v) is 13.6. The zero-order valence-corrected chi connectivity index (χ0v) is 36.4. The number of pyridine rings is 2. The molecule has 0 atom stereocenters. The number of carbonyl (C=O) groups excluding carboxylic acids is 3. The van der Waals surface area contributed by atoms with E-state index in [1.807, 2.05) is 0 Å². The molecule has 0 bridgehead atoms. The highest BCUT2D eigenvalue weighted by Crippen LogP contribution is 2.32. The number of piperidine rings is 2. The smallest absolute Gasteiger partial charge is 0.373 e. The van der Waals surface area contributed by atoms with E-state index in [1.54, 1.807) is 0 Å². The van der Waals surface area contributed by atoms with Gasteiger partial charge in [0.2, 0.25) is 0 Å². The fourth-order valence-corrected chi connectivity index (χ4v) is 9.61. The molecule has 0 N–H and O–H groups in total. The maximum absolute atomic E-state index is 10.5. The summed E-state index contributed by atoms with van der Waals surface area (Å²) in [7, 11) is 0. The maximum atomic E-state index is 10.5. The number of hydrogen-bond donors (Lipinski definition) is 0. The Balaban J connectivity index is 0.000000189. The second-order valence-corrected chi connectivity index (χ2v) is 17.6. The van der Waals surface area contributed by atoms with E-state index in [9.17, 15) is 4.79 Å². The Morgan fingerprint density at radius 3 is 1.35 bits per heavy atom. The lowest BCUT2D eigenvalue weighted by molar-refractivity contribution is -0.191. The third kappa shape index (κ3) is 13.6. The van der Waals surface area contributed by atoms with Gasteiger partial charge in [-0.1, -0.05) is 52.2 Å². The summed E-state index contributed by atoms with van der Waals surface area (Å²) < 4.78 is 17.6. The molecule has 2 saturated carbocycles. The van der Waals surface area contributed by atoms with Crippen LogP contribution in [-0.2, 0) is 32.2 Å². The summed E-state index contributed by atoms with van der Waals surface area (Å²) in [6.45, 7) is 13.6. The van der Waals surface area contributed by atoms with Crippen molar-refractivity contribution in [2.24, 2.45) is 17.8 Å². The van der Waals surface area contributed by atoms with Gasteiger partial charge in [0.15, 0.2) is 0 Å². The molecule has 4 aliphatic rings. The molecule has 2 aromatic carbocycles. The molecule has 4 aromatic rings. The van der Waals surface area contributed by atoms with Gasteiger partial charge in [-0.25, -0.2) is 0 Å². The van der Waals surface area contributed by atoms with E-state index in [0.717, 1.165) is 90.4 Å². The molecule has 8 rings (SSSR count). The molecule has 10 nitrogen and oxygen atoms in total. The Hall–Kier alpha value is -4.37. The standard InChI is InChI=1S/C25H36N2O.C24H32N2O3.CO2/c1-3-19-5-9-23(10-6-19)28-24-11-12-25-21(17-24)7-8-22(26-25)18-27-15-13-20(4-2)14-16-27;1-2-18-3-7-22(8-4-18)29-23-9-10-24-19(15-23)5-6-20(25-24)16-26-13-11-21(12-14-26)28-17-27;2-1-3/h7-8,11-12,17,19-20,23H,3-6,9-10,13-16,18H2,1-2H3;5-6,9-10,15,17-18,21-22H,2-4,7-8,11-14,16H2,1H3;. The molecule has 10 heteroatoms. The zero-order valence-electron chi connectivity index (χ0n) is 36.4. The SMILES string of the molecule is CCC1CCC(Oc2ccc3nc(CN4CCC(CC)CC4)ccc3c2)CC1.CCC1CCC(Oc2ccc3nc(CN4CCC(OC=O)CC4)ccc3c2)CC1.O=C=O. The van der Waals surface area contributed by atoms with Crippen LogP contribution >= 0.6 is 0 Å². The Labute approximate surface area is 357 Å². The van der Waals surface area contributed by atoms with Crippen molar-refractivity contribution in [1.82, 2.24) is 19.8 Å². The largest absolute Gasteiger partial charge is 0.490 e. The number of carbonyl (C=O) groups is 1. The molecule has 2 aliphatic carbocycles. The minimum atomic E-state index is 0.0729. The first-order valence-corrected chi connectivity index (χ1v) is 23.0. The van der Waals surface area contributed by atoms with Gasteiger partial charge in [-0.05, 0) is 156 Å². The summed E-state index contributed by atoms with van der Waals surface area (Å²) in [4.78, 5) is 41.4. The first-order valence-electron chi connectivity index (χ1n) is 23.0. The summed E-state index contributed by atoms with van der Waals surface area (Å²) in [6.07, 6.45) is 19.4. The lowest BCUT2D eigenvalue weighted by atomic mass is 9.86. The average molecular weight is 821 g/mol. The molecule has 4 heterocycles. The fourth-order valence-electron chi connectivity index (χ4n) is 9.61. The average Bonchev–Trinajstić information content (AvgIpc) is 3.28. The Morgan fingerprint density at radius 2 is 0.950 bits per heavy atom. The number of ether oxygens (including phenoxy) is 3. The molecule has 0 radical (unpaired) electrons. The molecule has 0 amide bonds. The molecule has 2 saturated heterocycles. The number of likely N-dealkylation sites (tertiary alicyclic amines) is 2. The van der Waals surface area contributed by atoms with E-state index in [-0.39, 0.29) is 12.3 Å². The summed E-state index contributed by atoms with van der Waals surface area (Å²) >= 11 is 0. The minimum Gasteiger partial charge on any atom is -0.490 e. The van der Waals surface area contributed by atoms with Crippen molar-refractivity contribution in [3.63, 3.8) is 0 Å². The number of nitrogens with zero attached hydrogens (tertiary/aromatic N) is 4.